The highest BCUT2D eigenvalue weighted by Gasteiger charge is 2.04. The molecule has 0 aliphatic carbocycles. The van der Waals surface area contributed by atoms with Gasteiger partial charge in [0.25, 0.3) is 0 Å². The molecule has 0 bridgehead atoms. The van der Waals surface area contributed by atoms with Crippen molar-refractivity contribution < 1.29 is 9.90 Å². The molecule has 1 aromatic heterocycles. The summed E-state index contributed by atoms with van der Waals surface area (Å²) < 4.78 is 0. The van der Waals surface area contributed by atoms with Gasteiger partial charge >= 0.3 is 0 Å². The minimum Gasteiger partial charge on any atom is -0.395 e. The van der Waals surface area contributed by atoms with Crippen molar-refractivity contribution in [2.75, 3.05) is 25.0 Å². The van der Waals surface area contributed by atoms with E-state index < -0.39 is 0 Å². The van der Waals surface area contributed by atoms with Crippen molar-refractivity contribution in [3.63, 3.8) is 0 Å². The molecule has 7 heteroatoms. The number of hydrogen-bond acceptors (Lipinski definition) is 6. The van der Waals surface area contributed by atoms with Gasteiger partial charge in [-0.15, -0.1) is 10.2 Å². The lowest BCUT2D eigenvalue weighted by molar-refractivity contribution is -0.115. The summed E-state index contributed by atoms with van der Waals surface area (Å²) >= 11 is 1.32. The van der Waals surface area contributed by atoms with Crippen LogP contribution < -0.4 is 10.6 Å². The van der Waals surface area contributed by atoms with Gasteiger partial charge in [0.05, 0.1) is 13.2 Å². The largest absolute Gasteiger partial charge is 0.395 e. The zero-order valence-corrected chi connectivity index (χ0v) is 8.60. The smallest absolute Gasteiger partial charge is 0.240 e. The van der Waals surface area contributed by atoms with Gasteiger partial charge in [0.1, 0.15) is 5.01 Å². The molecular weight excluding hydrogens is 204 g/mol. The second kappa shape index (κ2) is 5.63. The molecule has 0 atom stereocenters. The van der Waals surface area contributed by atoms with E-state index >= 15 is 0 Å². The van der Waals surface area contributed by atoms with Crippen molar-refractivity contribution in [2.45, 2.75) is 6.92 Å². The van der Waals surface area contributed by atoms with Crippen LogP contribution in [-0.4, -0.2) is 40.9 Å². The highest BCUT2D eigenvalue weighted by atomic mass is 32.1. The number of aliphatic hydroxyl groups excluding tert-OH is 1. The second-order valence-corrected chi connectivity index (χ2v) is 3.76. The van der Waals surface area contributed by atoms with E-state index in [-0.39, 0.29) is 19.1 Å². The molecule has 0 fully saturated rings. The number of aliphatic hydroxyl groups is 1. The van der Waals surface area contributed by atoms with Crippen LogP contribution in [0.3, 0.4) is 0 Å². The summed E-state index contributed by atoms with van der Waals surface area (Å²) in [5, 5.41) is 22.6. The summed E-state index contributed by atoms with van der Waals surface area (Å²) in [6.45, 7) is 2.41. The van der Waals surface area contributed by atoms with E-state index in [1.165, 1.54) is 11.3 Å². The van der Waals surface area contributed by atoms with Crippen LogP contribution in [0.5, 0.6) is 0 Å². The van der Waals surface area contributed by atoms with Crippen LogP contribution in [0.2, 0.25) is 0 Å². The Labute approximate surface area is 85.4 Å². The van der Waals surface area contributed by atoms with Gasteiger partial charge < -0.3 is 10.4 Å². The number of hydrogen-bond donors (Lipinski definition) is 3. The Morgan fingerprint density at radius 2 is 2.36 bits per heavy atom. The molecule has 3 N–H and O–H groups in total. The summed E-state index contributed by atoms with van der Waals surface area (Å²) in [6.07, 6.45) is 0. The fraction of sp³-hybridized carbons (Fsp3) is 0.571. The third kappa shape index (κ3) is 3.77. The number of carbonyl (C=O) groups excluding carboxylic acids is 1. The highest BCUT2D eigenvalue weighted by molar-refractivity contribution is 7.15. The first-order chi connectivity index (χ1) is 6.72. The first-order valence-corrected chi connectivity index (χ1v) is 4.95. The summed E-state index contributed by atoms with van der Waals surface area (Å²) in [6, 6.07) is 0. The Morgan fingerprint density at radius 3 is 2.93 bits per heavy atom. The van der Waals surface area contributed by atoms with Crippen molar-refractivity contribution in [1.82, 2.24) is 15.5 Å². The van der Waals surface area contributed by atoms with E-state index in [1.54, 1.807) is 0 Å². The molecule has 1 rings (SSSR count). The quantitative estimate of drug-likeness (QED) is 0.570. The third-order valence-electron chi connectivity index (χ3n) is 1.35. The Kier molecular flexibility index (Phi) is 4.44. The van der Waals surface area contributed by atoms with Gasteiger partial charge in [0, 0.05) is 6.54 Å². The summed E-state index contributed by atoms with van der Waals surface area (Å²) in [5.41, 5.74) is 0. The predicted molar refractivity (Wildman–Crippen MR) is 53.2 cm³/mol. The minimum atomic E-state index is -0.186. The number of nitrogens with zero attached hydrogens (tertiary/aromatic N) is 2. The van der Waals surface area contributed by atoms with Crippen molar-refractivity contribution >= 4 is 22.4 Å². The molecule has 1 amide bonds. The maximum Gasteiger partial charge on any atom is 0.240 e. The summed E-state index contributed by atoms with van der Waals surface area (Å²) in [5.74, 6) is -0.186. The van der Waals surface area contributed by atoms with Crippen LogP contribution in [0.4, 0.5) is 5.13 Å². The van der Waals surface area contributed by atoms with Crippen LogP contribution in [-0.2, 0) is 4.79 Å². The molecule has 0 saturated carbocycles. The number of anilines is 1. The van der Waals surface area contributed by atoms with Gasteiger partial charge in [-0.05, 0) is 6.92 Å². The molecule has 0 radical (unpaired) electrons. The van der Waals surface area contributed by atoms with E-state index in [4.69, 9.17) is 5.11 Å². The van der Waals surface area contributed by atoms with Crippen LogP contribution in [0, 0.1) is 6.92 Å². The van der Waals surface area contributed by atoms with Crippen molar-refractivity contribution in [1.29, 1.82) is 0 Å². The standard InChI is InChI=1S/C7H12N4O2S/c1-5-10-11-7(14-5)9-6(13)4-8-2-3-12/h8,12H,2-4H2,1H3,(H,9,11,13). The van der Waals surface area contributed by atoms with Gasteiger partial charge in [0.2, 0.25) is 11.0 Å². The van der Waals surface area contributed by atoms with E-state index in [0.717, 1.165) is 5.01 Å². The van der Waals surface area contributed by atoms with Gasteiger partial charge in [-0.25, -0.2) is 0 Å². The lowest BCUT2D eigenvalue weighted by Gasteiger charge is -2.01. The summed E-state index contributed by atoms with van der Waals surface area (Å²) in [7, 11) is 0. The Morgan fingerprint density at radius 1 is 1.57 bits per heavy atom. The molecule has 0 saturated heterocycles. The second-order valence-electron chi connectivity index (χ2n) is 2.57. The number of rotatable bonds is 5. The van der Waals surface area contributed by atoms with Gasteiger partial charge in [-0.2, -0.15) is 0 Å². The zero-order chi connectivity index (χ0) is 10.4. The average molecular weight is 216 g/mol. The molecule has 1 aromatic rings. The Bertz CT molecular complexity index is 302. The molecule has 0 aliphatic heterocycles. The molecule has 0 aliphatic rings. The normalized spacial score (nSPS) is 10.1. The molecule has 0 spiro atoms. The number of aryl methyl sites for hydroxylation is 1. The fourth-order valence-corrected chi connectivity index (χ4v) is 1.40. The van der Waals surface area contributed by atoms with E-state index in [9.17, 15) is 4.79 Å². The number of nitrogens with one attached hydrogen (secondary N) is 2. The average Bonchev–Trinajstić information content (AvgIpc) is 2.52. The molecule has 1 heterocycles. The molecule has 0 aromatic carbocycles. The number of carbonyl (C=O) groups is 1. The predicted octanol–water partition coefficient (Wildman–Crippen LogP) is -0.633. The van der Waals surface area contributed by atoms with Crippen molar-refractivity contribution in [3.05, 3.63) is 5.01 Å². The van der Waals surface area contributed by atoms with Crippen LogP contribution in [0.25, 0.3) is 0 Å². The van der Waals surface area contributed by atoms with Crippen LogP contribution >= 0.6 is 11.3 Å². The van der Waals surface area contributed by atoms with Crippen molar-refractivity contribution in [2.24, 2.45) is 0 Å². The monoisotopic (exact) mass is 216 g/mol. The molecule has 6 nitrogen and oxygen atoms in total. The Balaban J connectivity index is 2.27. The SMILES string of the molecule is Cc1nnc(NC(=O)CNCCO)s1. The maximum absolute atomic E-state index is 11.2. The molecule has 78 valence electrons. The van der Waals surface area contributed by atoms with Crippen LogP contribution in [0.15, 0.2) is 0 Å². The first-order valence-electron chi connectivity index (χ1n) is 4.14. The van der Waals surface area contributed by atoms with E-state index in [1.807, 2.05) is 6.92 Å². The molecular formula is C7H12N4O2S. The minimum absolute atomic E-state index is 0.0190. The number of aromatic nitrogens is 2. The summed E-state index contributed by atoms with van der Waals surface area (Å²) in [4.78, 5) is 11.2. The highest BCUT2D eigenvalue weighted by Crippen LogP contribution is 2.12. The molecule has 0 unspecified atom stereocenters. The van der Waals surface area contributed by atoms with Crippen LogP contribution in [0.1, 0.15) is 5.01 Å². The van der Waals surface area contributed by atoms with E-state index in [0.29, 0.717) is 11.7 Å². The van der Waals surface area contributed by atoms with Gasteiger partial charge in [-0.3, -0.25) is 10.1 Å². The molecule has 14 heavy (non-hydrogen) atoms. The third-order valence-corrected chi connectivity index (χ3v) is 2.10. The topological polar surface area (TPSA) is 87.1 Å². The number of amides is 1. The lowest BCUT2D eigenvalue weighted by Crippen LogP contribution is -2.29. The lowest BCUT2D eigenvalue weighted by atomic mass is 10.5. The van der Waals surface area contributed by atoms with Gasteiger partial charge in [-0.1, -0.05) is 11.3 Å². The van der Waals surface area contributed by atoms with Gasteiger partial charge in [0.15, 0.2) is 0 Å². The first kappa shape index (κ1) is 11.0. The maximum atomic E-state index is 11.2. The zero-order valence-electron chi connectivity index (χ0n) is 7.78. The van der Waals surface area contributed by atoms with E-state index in [2.05, 4.69) is 20.8 Å². The van der Waals surface area contributed by atoms with Crippen molar-refractivity contribution in [3.8, 4) is 0 Å². The Hall–Kier alpha value is -1.05. The fourth-order valence-electron chi connectivity index (χ4n) is 0.792.